The summed E-state index contributed by atoms with van der Waals surface area (Å²) in [7, 11) is 0. The SMILES string of the molecule is CC1(N)CCCCC1C(=O)NC1CC(=O)N(c2ccccc2Cl)C1.Cl. The predicted octanol–water partition coefficient (Wildman–Crippen LogP) is 2.89. The second-order valence-corrected chi connectivity index (χ2v) is 7.58. The summed E-state index contributed by atoms with van der Waals surface area (Å²) in [6, 6.07) is 7.07. The summed E-state index contributed by atoms with van der Waals surface area (Å²) < 4.78 is 0. The smallest absolute Gasteiger partial charge is 0.229 e. The zero-order valence-corrected chi connectivity index (χ0v) is 15.9. The van der Waals surface area contributed by atoms with Gasteiger partial charge in [-0.15, -0.1) is 12.4 Å². The van der Waals surface area contributed by atoms with Crippen LogP contribution in [0.3, 0.4) is 0 Å². The lowest BCUT2D eigenvalue weighted by molar-refractivity contribution is -0.128. The molecular formula is C18H25Cl2N3O2. The molecule has 1 aliphatic heterocycles. The highest BCUT2D eigenvalue weighted by molar-refractivity contribution is 6.33. The van der Waals surface area contributed by atoms with Gasteiger partial charge in [-0.1, -0.05) is 36.6 Å². The Bertz CT molecular complexity index is 651. The van der Waals surface area contributed by atoms with Crippen LogP contribution in [0, 0.1) is 5.92 Å². The molecule has 3 rings (SSSR count). The number of benzene rings is 1. The lowest BCUT2D eigenvalue weighted by atomic mass is 9.74. The van der Waals surface area contributed by atoms with E-state index in [1.54, 1.807) is 11.0 Å². The van der Waals surface area contributed by atoms with E-state index < -0.39 is 5.54 Å². The summed E-state index contributed by atoms with van der Waals surface area (Å²) in [4.78, 5) is 26.6. The number of anilines is 1. The van der Waals surface area contributed by atoms with Gasteiger partial charge in [-0.3, -0.25) is 9.59 Å². The van der Waals surface area contributed by atoms with Gasteiger partial charge in [0, 0.05) is 18.5 Å². The maximum absolute atomic E-state index is 12.6. The Kier molecular flexibility index (Phi) is 6.35. The number of hydrogen-bond donors (Lipinski definition) is 2. The van der Waals surface area contributed by atoms with Crippen LogP contribution in [0.1, 0.15) is 39.0 Å². The molecule has 1 heterocycles. The van der Waals surface area contributed by atoms with Gasteiger partial charge in [0.25, 0.3) is 0 Å². The van der Waals surface area contributed by atoms with Crippen LogP contribution in [0.4, 0.5) is 5.69 Å². The summed E-state index contributed by atoms with van der Waals surface area (Å²) in [6.07, 6.45) is 4.07. The summed E-state index contributed by atoms with van der Waals surface area (Å²) >= 11 is 6.18. The molecule has 7 heteroatoms. The molecule has 25 heavy (non-hydrogen) atoms. The Morgan fingerprint density at radius 3 is 2.76 bits per heavy atom. The number of para-hydroxylation sites is 1. The van der Waals surface area contributed by atoms with Gasteiger partial charge in [-0.05, 0) is 31.9 Å². The Balaban J connectivity index is 0.00000225. The second-order valence-electron chi connectivity index (χ2n) is 7.17. The number of carbonyl (C=O) groups excluding carboxylic acids is 2. The number of amides is 2. The highest BCUT2D eigenvalue weighted by atomic mass is 35.5. The number of nitrogens with zero attached hydrogens (tertiary/aromatic N) is 1. The van der Waals surface area contributed by atoms with Crippen LogP contribution in [0.5, 0.6) is 0 Å². The van der Waals surface area contributed by atoms with E-state index >= 15 is 0 Å². The Hall–Kier alpha value is -1.30. The molecule has 0 radical (unpaired) electrons. The average molecular weight is 386 g/mol. The Morgan fingerprint density at radius 1 is 1.36 bits per heavy atom. The van der Waals surface area contributed by atoms with Crippen LogP contribution in [0.25, 0.3) is 0 Å². The molecule has 5 nitrogen and oxygen atoms in total. The van der Waals surface area contributed by atoms with E-state index in [9.17, 15) is 9.59 Å². The number of hydrogen-bond acceptors (Lipinski definition) is 3. The van der Waals surface area contributed by atoms with Gasteiger partial charge in [0.05, 0.1) is 22.7 Å². The minimum Gasteiger partial charge on any atom is -0.351 e. The molecule has 2 fully saturated rings. The van der Waals surface area contributed by atoms with Crippen molar-refractivity contribution in [2.45, 2.75) is 50.6 Å². The fraction of sp³-hybridized carbons (Fsp3) is 0.556. The molecule has 1 aromatic carbocycles. The van der Waals surface area contributed by atoms with Gasteiger partial charge in [0.2, 0.25) is 11.8 Å². The lowest BCUT2D eigenvalue weighted by Crippen LogP contribution is -2.54. The number of rotatable bonds is 3. The van der Waals surface area contributed by atoms with Crippen LogP contribution >= 0.6 is 24.0 Å². The summed E-state index contributed by atoms with van der Waals surface area (Å²) in [5, 5.41) is 3.57. The molecule has 1 saturated carbocycles. The molecule has 2 amide bonds. The van der Waals surface area contributed by atoms with Crippen molar-refractivity contribution in [2.75, 3.05) is 11.4 Å². The van der Waals surface area contributed by atoms with E-state index in [0.29, 0.717) is 23.7 Å². The van der Waals surface area contributed by atoms with Crippen LogP contribution < -0.4 is 16.0 Å². The summed E-state index contributed by atoms with van der Waals surface area (Å²) in [5.41, 5.74) is 6.54. The van der Waals surface area contributed by atoms with E-state index in [0.717, 1.165) is 25.7 Å². The van der Waals surface area contributed by atoms with Gasteiger partial charge in [0.15, 0.2) is 0 Å². The molecule has 3 unspecified atom stereocenters. The molecule has 1 aromatic rings. The lowest BCUT2D eigenvalue weighted by Gasteiger charge is -2.37. The number of halogens is 2. The number of carbonyl (C=O) groups is 2. The molecule has 0 bridgehead atoms. The summed E-state index contributed by atoms with van der Waals surface area (Å²) in [6.45, 7) is 2.40. The minimum absolute atomic E-state index is 0. The molecular weight excluding hydrogens is 361 g/mol. The molecule has 1 saturated heterocycles. The van der Waals surface area contributed by atoms with Crippen LogP contribution in [0.15, 0.2) is 24.3 Å². The Labute approximate surface area is 159 Å². The monoisotopic (exact) mass is 385 g/mol. The molecule has 0 spiro atoms. The van der Waals surface area contributed by atoms with Crippen LogP contribution in [-0.4, -0.2) is 29.9 Å². The first-order chi connectivity index (χ1) is 11.4. The third-order valence-corrected chi connectivity index (χ3v) is 5.51. The van der Waals surface area contributed by atoms with Crippen LogP contribution in [-0.2, 0) is 9.59 Å². The van der Waals surface area contributed by atoms with Gasteiger partial charge >= 0.3 is 0 Å². The fourth-order valence-corrected chi connectivity index (χ4v) is 4.04. The Morgan fingerprint density at radius 2 is 2.08 bits per heavy atom. The van der Waals surface area contributed by atoms with Gasteiger partial charge in [0.1, 0.15) is 0 Å². The first-order valence-electron chi connectivity index (χ1n) is 8.52. The van der Waals surface area contributed by atoms with Crippen molar-refractivity contribution >= 4 is 41.5 Å². The average Bonchev–Trinajstić information content (AvgIpc) is 2.87. The molecule has 0 aromatic heterocycles. The molecule has 3 N–H and O–H groups in total. The normalized spacial score (nSPS) is 29.2. The topological polar surface area (TPSA) is 75.4 Å². The van der Waals surface area contributed by atoms with Crippen molar-refractivity contribution in [1.29, 1.82) is 0 Å². The van der Waals surface area contributed by atoms with E-state index in [-0.39, 0.29) is 36.2 Å². The molecule has 3 atom stereocenters. The van der Waals surface area contributed by atoms with E-state index in [1.807, 2.05) is 25.1 Å². The van der Waals surface area contributed by atoms with Crippen molar-refractivity contribution in [1.82, 2.24) is 5.32 Å². The third-order valence-electron chi connectivity index (χ3n) is 5.19. The zero-order chi connectivity index (χ0) is 17.3. The van der Waals surface area contributed by atoms with Gasteiger partial charge in [-0.2, -0.15) is 0 Å². The minimum atomic E-state index is -0.465. The van der Waals surface area contributed by atoms with Gasteiger partial charge in [-0.25, -0.2) is 0 Å². The molecule has 138 valence electrons. The maximum atomic E-state index is 12.6. The predicted molar refractivity (Wildman–Crippen MR) is 102 cm³/mol. The standard InChI is InChI=1S/C18H24ClN3O2.ClH/c1-18(20)9-5-4-6-13(18)17(24)21-12-10-16(23)22(11-12)15-8-3-2-7-14(15)19;/h2-3,7-8,12-13H,4-6,9-11,20H2,1H3,(H,21,24);1H. The summed E-state index contributed by atoms with van der Waals surface area (Å²) in [5.74, 6) is -0.234. The van der Waals surface area contributed by atoms with E-state index in [2.05, 4.69) is 5.32 Å². The van der Waals surface area contributed by atoms with Crippen molar-refractivity contribution in [3.8, 4) is 0 Å². The maximum Gasteiger partial charge on any atom is 0.229 e. The highest BCUT2D eigenvalue weighted by Crippen LogP contribution is 2.33. The van der Waals surface area contributed by atoms with E-state index in [4.69, 9.17) is 17.3 Å². The molecule has 2 aliphatic rings. The largest absolute Gasteiger partial charge is 0.351 e. The first-order valence-corrected chi connectivity index (χ1v) is 8.90. The molecule has 1 aliphatic carbocycles. The van der Waals surface area contributed by atoms with E-state index in [1.165, 1.54) is 0 Å². The van der Waals surface area contributed by atoms with Crippen LogP contribution in [0.2, 0.25) is 5.02 Å². The second kappa shape index (κ2) is 7.94. The van der Waals surface area contributed by atoms with Crippen molar-refractivity contribution in [3.63, 3.8) is 0 Å². The van der Waals surface area contributed by atoms with Crippen molar-refractivity contribution in [3.05, 3.63) is 29.3 Å². The quantitative estimate of drug-likeness (QED) is 0.839. The number of nitrogens with one attached hydrogen (secondary N) is 1. The van der Waals surface area contributed by atoms with Crippen molar-refractivity contribution in [2.24, 2.45) is 11.7 Å². The van der Waals surface area contributed by atoms with Crippen molar-refractivity contribution < 1.29 is 9.59 Å². The highest BCUT2D eigenvalue weighted by Gasteiger charge is 2.40. The third kappa shape index (κ3) is 4.27. The fourth-order valence-electron chi connectivity index (χ4n) is 3.80. The number of nitrogens with two attached hydrogens (primary N) is 1. The van der Waals surface area contributed by atoms with Gasteiger partial charge < -0.3 is 16.0 Å². The zero-order valence-electron chi connectivity index (χ0n) is 14.3. The first kappa shape index (κ1) is 20.0.